The third-order valence-corrected chi connectivity index (χ3v) is 7.81. The molecule has 12 nitrogen and oxygen atoms in total. The number of carbonyl (C=O) groups is 1. The Bertz CT molecular complexity index is 1690. The minimum atomic E-state index is -1.07. The van der Waals surface area contributed by atoms with Crippen molar-refractivity contribution in [2.24, 2.45) is 0 Å². The van der Waals surface area contributed by atoms with Gasteiger partial charge in [0.15, 0.2) is 5.82 Å². The summed E-state index contributed by atoms with van der Waals surface area (Å²) in [5.41, 5.74) is 1.50. The number of nitrogens with zero attached hydrogens (tertiary/aromatic N) is 7. The number of carboxylic acids is 1. The highest BCUT2D eigenvalue weighted by atomic mass is 19.1. The Morgan fingerprint density at radius 2 is 2.09 bits per heavy atom. The molecule has 222 valence electrons. The summed E-state index contributed by atoms with van der Waals surface area (Å²) < 4.78 is 33.0. The van der Waals surface area contributed by atoms with Gasteiger partial charge in [0.05, 0.1) is 36.5 Å². The second-order valence-electron chi connectivity index (χ2n) is 10.7. The van der Waals surface area contributed by atoms with E-state index in [1.807, 2.05) is 6.07 Å². The summed E-state index contributed by atoms with van der Waals surface area (Å²) in [5.74, 6) is 0.337. The largest absolute Gasteiger partial charge is 0.484 e. The minimum Gasteiger partial charge on any atom is -0.484 e. The zero-order chi connectivity index (χ0) is 29.9. The van der Waals surface area contributed by atoms with Gasteiger partial charge in [-0.1, -0.05) is 0 Å². The Balaban J connectivity index is 1.09. The minimum absolute atomic E-state index is 0.00271. The predicted molar refractivity (Wildman–Crippen MR) is 150 cm³/mol. The van der Waals surface area contributed by atoms with Gasteiger partial charge < -0.3 is 23.9 Å². The van der Waals surface area contributed by atoms with Crippen LogP contribution in [0, 0.1) is 17.1 Å². The first-order valence-corrected chi connectivity index (χ1v) is 14.1. The first-order chi connectivity index (χ1) is 20.9. The molecule has 0 spiro atoms. The van der Waals surface area contributed by atoms with E-state index in [4.69, 9.17) is 19.2 Å². The normalized spacial score (nSPS) is 20.3. The molecule has 0 amide bonds. The number of ether oxygens (including phenoxy) is 3. The van der Waals surface area contributed by atoms with Crippen molar-refractivity contribution in [1.29, 1.82) is 5.26 Å². The number of likely N-dealkylation sites (tertiary alicyclic amines) is 1. The molecule has 0 unspecified atom stereocenters. The lowest BCUT2D eigenvalue weighted by Gasteiger charge is -2.37. The summed E-state index contributed by atoms with van der Waals surface area (Å²) in [6, 6.07) is 9.15. The number of benzene rings is 1. The number of pyridine rings is 1. The molecule has 13 heteroatoms. The number of halogens is 1. The SMILES string of the molecule is C[C@H]1C[C@@H](Oc2ccnc(COc3ccc(F)cc3C#N)n2)CCN1Cc1nc2cnc(C(=O)O)cc2n1C[C@@H]1CCO1. The summed E-state index contributed by atoms with van der Waals surface area (Å²) in [7, 11) is 0. The number of rotatable bonds is 10. The molecular weight excluding hydrogens is 557 g/mol. The van der Waals surface area contributed by atoms with Crippen molar-refractivity contribution in [3.8, 4) is 17.7 Å². The second kappa shape index (κ2) is 12.3. The number of carboxylic acid groups (broad SMARTS) is 1. The number of piperidine rings is 1. The number of nitriles is 1. The molecule has 3 aromatic heterocycles. The third-order valence-electron chi connectivity index (χ3n) is 7.81. The van der Waals surface area contributed by atoms with E-state index in [0.29, 0.717) is 30.3 Å². The second-order valence-corrected chi connectivity index (χ2v) is 10.7. The topological polar surface area (TPSA) is 149 Å². The average molecular weight is 588 g/mol. The zero-order valence-corrected chi connectivity index (χ0v) is 23.5. The molecule has 6 rings (SSSR count). The van der Waals surface area contributed by atoms with Crippen LogP contribution in [0.15, 0.2) is 42.7 Å². The number of hydrogen-bond donors (Lipinski definition) is 1. The van der Waals surface area contributed by atoms with Crippen molar-refractivity contribution in [1.82, 2.24) is 29.4 Å². The Kier molecular flexibility index (Phi) is 8.13. The quantitative estimate of drug-likeness (QED) is 0.289. The van der Waals surface area contributed by atoms with Crippen LogP contribution in [0.25, 0.3) is 11.0 Å². The van der Waals surface area contributed by atoms with Crippen LogP contribution in [0.5, 0.6) is 11.6 Å². The van der Waals surface area contributed by atoms with E-state index >= 15 is 0 Å². The molecule has 43 heavy (non-hydrogen) atoms. The highest BCUT2D eigenvalue weighted by Crippen LogP contribution is 2.27. The Morgan fingerprint density at radius 3 is 2.84 bits per heavy atom. The zero-order valence-electron chi connectivity index (χ0n) is 23.5. The molecule has 0 aliphatic carbocycles. The van der Waals surface area contributed by atoms with Gasteiger partial charge in [0.2, 0.25) is 5.88 Å². The van der Waals surface area contributed by atoms with Crippen LogP contribution in [-0.4, -0.2) is 71.9 Å². The van der Waals surface area contributed by atoms with Crippen LogP contribution in [0.3, 0.4) is 0 Å². The maximum Gasteiger partial charge on any atom is 0.354 e. The van der Waals surface area contributed by atoms with E-state index in [2.05, 4.69) is 31.3 Å². The van der Waals surface area contributed by atoms with Crippen LogP contribution in [0.1, 0.15) is 53.9 Å². The van der Waals surface area contributed by atoms with Gasteiger partial charge in [0.1, 0.15) is 47.4 Å². The molecule has 2 saturated heterocycles. The van der Waals surface area contributed by atoms with Gasteiger partial charge in [-0.25, -0.2) is 24.1 Å². The van der Waals surface area contributed by atoms with Gasteiger partial charge in [0, 0.05) is 31.5 Å². The van der Waals surface area contributed by atoms with Gasteiger partial charge >= 0.3 is 5.97 Å². The van der Waals surface area contributed by atoms with Crippen molar-refractivity contribution in [2.75, 3.05) is 13.2 Å². The molecule has 3 atom stereocenters. The molecular formula is C30H30FN7O5. The van der Waals surface area contributed by atoms with Crippen molar-refractivity contribution >= 4 is 17.0 Å². The van der Waals surface area contributed by atoms with Crippen LogP contribution in [-0.2, 0) is 24.4 Å². The number of aromatic carboxylic acids is 1. The van der Waals surface area contributed by atoms with Crippen molar-refractivity contribution in [3.63, 3.8) is 0 Å². The lowest BCUT2D eigenvalue weighted by molar-refractivity contribution is -0.0593. The fourth-order valence-corrected chi connectivity index (χ4v) is 5.40. The fraction of sp³-hybridized carbons (Fsp3) is 0.400. The van der Waals surface area contributed by atoms with Crippen LogP contribution >= 0.6 is 0 Å². The van der Waals surface area contributed by atoms with E-state index < -0.39 is 11.8 Å². The highest BCUT2D eigenvalue weighted by Gasteiger charge is 2.30. The molecule has 2 fully saturated rings. The van der Waals surface area contributed by atoms with E-state index in [-0.39, 0.29) is 41.9 Å². The monoisotopic (exact) mass is 587 g/mol. The Labute approximate surface area is 246 Å². The fourth-order valence-electron chi connectivity index (χ4n) is 5.40. The van der Waals surface area contributed by atoms with Gasteiger partial charge in [-0.2, -0.15) is 10.2 Å². The van der Waals surface area contributed by atoms with E-state index in [0.717, 1.165) is 49.8 Å². The summed E-state index contributed by atoms with van der Waals surface area (Å²) >= 11 is 0. The maximum atomic E-state index is 13.4. The smallest absolute Gasteiger partial charge is 0.354 e. The summed E-state index contributed by atoms with van der Waals surface area (Å²) in [5, 5.41) is 18.7. The van der Waals surface area contributed by atoms with Crippen molar-refractivity contribution in [2.45, 2.75) is 64.1 Å². The molecule has 1 N–H and O–H groups in total. The Hall–Kier alpha value is -4.67. The molecule has 1 aromatic carbocycles. The maximum absolute atomic E-state index is 13.4. The van der Waals surface area contributed by atoms with Crippen molar-refractivity contribution in [3.05, 3.63) is 71.4 Å². The van der Waals surface area contributed by atoms with Gasteiger partial charge in [-0.15, -0.1) is 0 Å². The molecule has 5 heterocycles. The summed E-state index contributed by atoms with van der Waals surface area (Å²) in [4.78, 5) is 31.4. The molecule has 2 aliphatic heterocycles. The molecule has 2 aliphatic rings. The predicted octanol–water partition coefficient (Wildman–Crippen LogP) is 3.73. The summed E-state index contributed by atoms with van der Waals surface area (Å²) in [6.45, 7) is 4.87. The van der Waals surface area contributed by atoms with E-state index in [1.165, 1.54) is 18.3 Å². The van der Waals surface area contributed by atoms with E-state index in [9.17, 15) is 19.6 Å². The molecule has 0 bridgehead atoms. The highest BCUT2D eigenvalue weighted by molar-refractivity contribution is 5.90. The van der Waals surface area contributed by atoms with Crippen LogP contribution < -0.4 is 9.47 Å². The van der Waals surface area contributed by atoms with E-state index in [1.54, 1.807) is 18.3 Å². The van der Waals surface area contributed by atoms with Crippen molar-refractivity contribution < 1.29 is 28.5 Å². The lowest BCUT2D eigenvalue weighted by Crippen LogP contribution is -2.44. The standard InChI is InChI=1S/C30H30FN7O5/c1-18-10-21(43-29-4-7-33-27(36-29)17-42-26-3-2-20(31)11-19(26)13-32)5-8-37(18)16-28-35-24-14-34-23(30(39)40)12-25(24)38(28)15-22-6-9-41-22/h2-4,7,11-12,14,18,21-22H,5-6,8-10,15-17H2,1H3,(H,39,40)/t18-,21-,22-/m0/s1. The van der Waals surface area contributed by atoms with Crippen LogP contribution in [0.4, 0.5) is 4.39 Å². The number of aromatic nitrogens is 5. The first kappa shape index (κ1) is 28.4. The van der Waals surface area contributed by atoms with Gasteiger partial charge in [-0.3, -0.25) is 4.90 Å². The lowest BCUT2D eigenvalue weighted by atomic mass is 10.0. The average Bonchev–Trinajstić information content (AvgIpc) is 3.31. The Morgan fingerprint density at radius 1 is 1.23 bits per heavy atom. The molecule has 4 aromatic rings. The molecule has 0 radical (unpaired) electrons. The summed E-state index contributed by atoms with van der Waals surface area (Å²) in [6.07, 6.45) is 5.65. The number of fused-ring (bicyclic) bond motifs is 1. The number of imidazole rings is 1. The van der Waals surface area contributed by atoms with Crippen LogP contribution in [0.2, 0.25) is 0 Å². The first-order valence-electron chi connectivity index (χ1n) is 14.1. The van der Waals surface area contributed by atoms with Gasteiger partial charge in [-0.05, 0) is 50.5 Å². The third kappa shape index (κ3) is 6.40. The number of hydrogen-bond acceptors (Lipinski definition) is 10. The van der Waals surface area contributed by atoms with Gasteiger partial charge in [0.25, 0.3) is 0 Å². The molecule has 0 saturated carbocycles.